The lowest BCUT2D eigenvalue weighted by atomic mass is 10.2. The first-order chi connectivity index (χ1) is 12.6. The summed E-state index contributed by atoms with van der Waals surface area (Å²) in [5.74, 6) is 0.0877. The second-order valence-corrected chi connectivity index (χ2v) is 7.13. The third-order valence-corrected chi connectivity index (χ3v) is 4.98. The molecule has 0 spiro atoms. The van der Waals surface area contributed by atoms with Crippen molar-refractivity contribution >= 4 is 45.7 Å². The predicted molar refractivity (Wildman–Crippen MR) is 110 cm³/mol. The Morgan fingerprint density at radius 2 is 1.92 bits per heavy atom. The summed E-state index contributed by atoms with van der Waals surface area (Å²) in [5, 5.41) is 25.4. The topological polar surface area (TPSA) is 56.4 Å². The molecule has 6 heteroatoms. The van der Waals surface area contributed by atoms with Gasteiger partial charge in [0.05, 0.1) is 11.5 Å². The molecule has 26 heavy (non-hydrogen) atoms. The highest BCUT2D eigenvalue weighted by Crippen LogP contribution is 2.23. The lowest BCUT2D eigenvalue weighted by Crippen LogP contribution is -2.38. The zero-order valence-electron chi connectivity index (χ0n) is 14.2. The van der Waals surface area contributed by atoms with Crippen molar-refractivity contribution < 1.29 is 14.8 Å². The van der Waals surface area contributed by atoms with Gasteiger partial charge < -0.3 is 15.5 Å². The predicted octanol–water partition coefficient (Wildman–Crippen LogP) is 4.16. The fourth-order valence-electron chi connectivity index (χ4n) is 2.46. The Balaban J connectivity index is 2.04. The molecular formula is C20H19N2O2S2+. The molecule has 3 aromatic rings. The lowest BCUT2D eigenvalue weighted by Gasteiger charge is -2.10. The smallest absolute Gasteiger partial charge is 0.289 e. The van der Waals surface area contributed by atoms with Crippen LogP contribution >= 0.6 is 23.6 Å². The van der Waals surface area contributed by atoms with Crippen molar-refractivity contribution in [3.63, 3.8) is 0 Å². The van der Waals surface area contributed by atoms with Gasteiger partial charge in [0.1, 0.15) is 0 Å². The van der Waals surface area contributed by atoms with Gasteiger partial charge in [0.25, 0.3) is 5.70 Å². The third-order valence-electron chi connectivity index (χ3n) is 3.81. The molecule has 0 unspecified atom stereocenters. The van der Waals surface area contributed by atoms with Gasteiger partial charge in [0, 0.05) is 17.3 Å². The van der Waals surface area contributed by atoms with E-state index in [1.165, 1.54) is 11.3 Å². The van der Waals surface area contributed by atoms with Crippen LogP contribution in [0.25, 0.3) is 11.5 Å². The largest absolute Gasteiger partial charge is 0.501 e. The van der Waals surface area contributed by atoms with Crippen LogP contribution in [-0.4, -0.2) is 15.2 Å². The average Bonchev–Trinajstić information content (AvgIpc) is 3.19. The summed E-state index contributed by atoms with van der Waals surface area (Å²) in [6.07, 6.45) is 3.55. The quantitative estimate of drug-likeness (QED) is 0.268. The number of aryl methyl sites for hydroxylation is 1. The molecule has 0 saturated heterocycles. The molecule has 0 saturated carbocycles. The second kappa shape index (κ2) is 8.23. The van der Waals surface area contributed by atoms with Crippen molar-refractivity contribution in [2.24, 2.45) is 0 Å². The maximum Gasteiger partial charge on any atom is 0.289 e. The highest BCUT2D eigenvalue weighted by atomic mass is 32.1. The number of aliphatic hydroxyl groups is 2. The Morgan fingerprint density at radius 1 is 1.15 bits per heavy atom. The molecule has 0 aliphatic rings. The fraction of sp³-hybridized carbons (Fsp3) is 0.100. The summed E-state index contributed by atoms with van der Waals surface area (Å²) in [5.41, 5.74) is 3.18. The van der Waals surface area contributed by atoms with E-state index in [4.69, 9.17) is 12.2 Å². The second-order valence-electron chi connectivity index (χ2n) is 5.77. The number of thiocarbonyl (C=S) groups is 1. The summed E-state index contributed by atoms with van der Waals surface area (Å²) < 4.78 is 1.73. The summed E-state index contributed by atoms with van der Waals surface area (Å²) >= 11 is 7.03. The Kier molecular flexibility index (Phi) is 5.78. The highest BCUT2D eigenvalue weighted by molar-refractivity contribution is 7.81. The molecule has 3 N–H and O–H groups in total. The van der Waals surface area contributed by atoms with Gasteiger partial charge in [0.15, 0.2) is 17.4 Å². The molecule has 0 aliphatic carbocycles. The number of hydrogen-bond donors (Lipinski definition) is 3. The van der Waals surface area contributed by atoms with E-state index in [0.29, 0.717) is 10.7 Å². The Morgan fingerprint density at radius 3 is 2.58 bits per heavy atom. The highest BCUT2D eigenvalue weighted by Gasteiger charge is 2.24. The molecule has 0 aliphatic heterocycles. The molecular weight excluding hydrogens is 364 g/mol. The average molecular weight is 384 g/mol. The molecule has 4 nitrogen and oxygen atoms in total. The Bertz CT molecular complexity index is 933. The van der Waals surface area contributed by atoms with Gasteiger partial charge >= 0.3 is 0 Å². The van der Waals surface area contributed by atoms with Gasteiger partial charge in [-0.3, -0.25) is 0 Å². The van der Waals surface area contributed by atoms with Crippen molar-refractivity contribution in [2.75, 3.05) is 5.32 Å². The van der Waals surface area contributed by atoms with Crippen molar-refractivity contribution in [2.45, 2.75) is 13.5 Å². The van der Waals surface area contributed by atoms with Gasteiger partial charge in [-0.25, -0.2) is 0 Å². The summed E-state index contributed by atoms with van der Waals surface area (Å²) in [6.45, 7) is 1.93. The molecule has 2 aromatic heterocycles. The van der Waals surface area contributed by atoms with Gasteiger partial charge in [-0.15, -0.1) is 11.3 Å². The van der Waals surface area contributed by atoms with Crippen molar-refractivity contribution in [1.82, 2.24) is 0 Å². The van der Waals surface area contributed by atoms with E-state index in [1.54, 1.807) is 17.0 Å². The number of aliphatic hydroxyl groups excluding tert-OH is 2. The third kappa shape index (κ3) is 4.16. The van der Waals surface area contributed by atoms with Crippen LogP contribution in [0.15, 0.2) is 66.3 Å². The lowest BCUT2D eigenvalue weighted by molar-refractivity contribution is -0.576. The van der Waals surface area contributed by atoms with E-state index in [0.717, 1.165) is 21.7 Å². The number of thiophene rings is 1. The normalized spacial score (nSPS) is 11.8. The van der Waals surface area contributed by atoms with Crippen LogP contribution in [0.2, 0.25) is 0 Å². The minimum Gasteiger partial charge on any atom is -0.501 e. The van der Waals surface area contributed by atoms with E-state index in [9.17, 15) is 10.2 Å². The first-order valence-corrected chi connectivity index (χ1v) is 9.34. The number of anilines is 1. The van der Waals surface area contributed by atoms with E-state index in [2.05, 4.69) is 5.32 Å². The molecule has 0 bridgehead atoms. The van der Waals surface area contributed by atoms with Gasteiger partial charge in [0.2, 0.25) is 5.76 Å². The first kappa shape index (κ1) is 18.3. The Hall–Kier alpha value is -2.54. The maximum absolute atomic E-state index is 10.9. The number of pyridine rings is 1. The van der Waals surface area contributed by atoms with E-state index >= 15 is 0 Å². The number of nitrogens with one attached hydrogen (secondary N) is 1. The summed E-state index contributed by atoms with van der Waals surface area (Å²) in [6, 6.07) is 15.2. The molecule has 0 fully saturated rings. The van der Waals surface area contributed by atoms with E-state index in [1.807, 2.05) is 60.8 Å². The number of nitrogens with zero attached hydrogens (tertiary/aromatic N) is 1. The minimum absolute atomic E-state index is 0.0877. The first-order valence-electron chi connectivity index (χ1n) is 8.05. The number of rotatable bonds is 5. The molecule has 1 aromatic carbocycles. The monoisotopic (exact) mass is 383 g/mol. The molecule has 132 valence electrons. The van der Waals surface area contributed by atoms with E-state index in [-0.39, 0.29) is 12.4 Å². The van der Waals surface area contributed by atoms with Crippen LogP contribution in [-0.2, 0) is 6.61 Å². The minimum atomic E-state index is -0.0912. The molecule has 0 amide bonds. The van der Waals surface area contributed by atoms with Crippen LogP contribution < -0.4 is 9.88 Å². The molecule has 0 atom stereocenters. The van der Waals surface area contributed by atoms with Crippen molar-refractivity contribution in [3.8, 4) is 0 Å². The van der Waals surface area contributed by atoms with Crippen LogP contribution in [0.5, 0.6) is 0 Å². The maximum atomic E-state index is 10.9. The van der Waals surface area contributed by atoms with Crippen LogP contribution in [0.3, 0.4) is 0 Å². The van der Waals surface area contributed by atoms with Crippen LogP contribution in [0.4, 0.5) is 5.69 Å². The Labute approximate surface area is 161 Å². The van der Waals surface area contributed by atoms with Gasteiger partial charge in [-0.1, -0.05) is 36.0 Å². The molecule has 2 heterocycles. The van der Waals surface area contributed by atoms with Crippen molar-refractivity contribution in [3.05, 3.63) is 82.3 Å². The van der Waals surface area contributed by atoms with E-state index < -0.39 is 0 Å². The number of benzene rings is 1. The number of hydrogen-bond acceptors (Lipinski definition) is 4. The molecule has 0 radical (unpaired) electrons. The standard InChI is InChI=1S/C20H18N2O2S2/c1-14-6-8-16(9-7-14)21-20(25)18(19(24)17-5-3-11-26-17)22-10-2-4-15(12-22)13-23/h2-12,23H,13H2,1H3,(H-,21,24,25)/p+1. The zero-order chi connectivity index (χ0) is 18.5. The molecule has 3 rings (SSSR count). The fourth-order valence-corrected chi connectivity index (χ4v) is 3.45. The van der Waals surface area contributed by atoms with Crippen LogP contribution in [0, 0.1) is 6.92 Å². The number of aromatic nitrogens is 1. The van der Waals surface area contributed by atoms with Crippen molar-refractivity contribution in [1.29, 1.82) is 0 Å². The summed E-state index contributed by atoms with van der Waals surface area (Å²) in [7, 11) is 0. The summed E-state index contributed by atoms with van der Waals surface area (Å²) in [4.78, 5) is 1.11. The van der Waals surface area contributed by atoms with Gasteiger partial charge in [-0.2, -0.15) is 4.57 Å². The zero-order valence-corrected chi connectivity index (χ0v) is 15.8. The van der Waals surface area contributed by atoms with Gasteiger partial charge in [-0.05, 0) is 36.6 Å². The SMILES string of the molecule is Cc1ccc(NC(=S)/C(=C(/O)c2cccs2)[n+]2cccc(CO)c2)cc1. The van der Waals surface area contributed by atoms with Crippen LogP contribution in [0.1, 0.15) is 16.0 Å².